The number of carbonyl (C=O) groups excluding carboxylic acids is 1. The molecule has 1 fully saturated rings. The summed E-state index contributed by atoms with van der Waals surface area (Å²) in [7, 11) is 1.63. The number of rotatable bonds is 4. The van der Waals surface area contributed by atoms with Crippen LogP contribution in [-0.2, 0) is 4.74 Å². The summed E-state index contributed by atoms with van der Waals surface area (Å²) in [6.07, 6.45) is -1.09. The number of anilines is 1. The van der Waals surface area contributed by atoms with Gasteiger partial charge in [-0.25, -0.2) is 9.37 Å². The van der Waals surface area contributed by atoms with E-state index in [-0.39, 0.29) is 24.5 Å². The molecule has 7 heteroatoms. The van der Waals surface area contributed by atoms with Crippen molar-refractivity contribution in [2.24, 2.45) is 0 Å². The molecule has 0 saturated carbocycles. The highest BCUT2D eigenvalue weighted by Crippen LogP contribution is 2.34. The lowest BCUT2D eigenvalue weighted by molar-refractivity contribution is -0.0359. The largest absolute Gasteiger partial charge is 0.394 e. The van der Waals surface area contributed by atoms with E-state index < -0.39 is 18.5 Å². The van der Waals surface area contributed by atoms with E-state index in [1.165, 1.54) is 17.8 Å². The minimum Gasteiger partial charge on any atom is -0.394 e. The van der Waals surface area contributed by atoms with Crippen LogP contribution in [0.15, 0.2) is 6.33 Å². The zero-order chi connectivity index (χ0) is 13.3. The van der Waals surface area contributed by atoms with Crippen LogP contribution in [0.2, 0.25) is 0 Å². The number of hydrogen-bond donors (Lipinski definition) is 2. The van der Waals surface area contributed by atoms with E-state index in [1.54, 1.807) is 7.05 Å². The van der Waals surface area contributed by atoms with E-state index in [0.29, 0.717) is 5.82 Å². The highest BCUT2D eigenvalue weighted by Gasteiger charge is 2.37. The summed E-state index contributed by atoms with van der Waals surface area (Å²) in [6.45, 7) is 1.17. The number of hydrogen-bond acceptors (Lipinski definition) is 5. The van der Waals surface area contributed by atoms with Crippen LogP contribution in [0.4, 0.5) is 10.2 Å². The first-order valence-corrected chi connectivity index (χ1v) is 5.74. The molecule has 18 heavy (non-hydrogen) atoms. The molecule has 3 unspecified atom stereocenters. The molecule has 0 radical (unpaired) electrons. The normalized spacial score (nSPS) is 27.4. The summed E-state index contributed by atoms with van der Waals surface area (Å²) in [6, 6.07) is 0. The van der Waals surface area contributed by atoms with Crippen molar-refractivity contribution in [1.82, 2.24) is 9.55 Å². The van der Waals surface area contributed by atoms with Gasteiger partial charge < -0.3 is 15.2 Å². The molecule has 1 aliphatic heterocycles. The third kappa shape index (κ3) is 2.11. The topological polar surface area (TPSA) is 76.4 Å². The van der Waals surface area contributed by atoms with E-state index in [0.717, 1.165) is 0 Å². The molecule has 0 aromatic carbocycles. The Hall–Kier alpha value is -1.47. The lowest BCUT2D eigenvalue weighted by Crippen LogP contribution is -2.18. The van der Waals surface area contributed by atoms with E-state index in [9.17, 15) is 9.18 Å². The SMILES string of the molecule is CNc1c(C(C)=O)ncn1C1OC(CO)CC1F. The Labute approximate surface area is 104 Å². The molecule has 2 N–H and O–H groups in total. The maximum atomic E-state index is 13.8. The Morgan fingerprint density at radius 1 is 1.78 bits per heavy atom. The van der Waals surface area contributed by atoms with Crippen LogP contribution in [0.1, 0.15) is 30.1 Å². The molecule has 0 spiro atoms. The summed E-state index contributed by atoms with van der Waals surface area (Å²) in [5.41, 5.74) is 0.251. The Balaban J connectivity index is 2.31. The second-order valence-corrected chi connectivity index (χ2v) is 4.24. The van der Waals surface area contributed by atoms with Crippen molar-refractivity contribution in [3.8, 4) is 0 Å². The molecule has 1 aliphatic rings. The third-order valence-corrected chi connectivity index (χ3v) is 2.97. The van der Waals surface area contributed by atoms with Crippen LogP contribution >= 0.6 is 0 Å². The Bertz CT molecular complexity index is 449. The number of nitrogens with zero attached hydrogens (tertiary/aromatic N) is 2. The second-order valence-electron chi connectivity index (χ2n) is 4.24. The van der Waals surface area contributed by atoms with Crippen molar-refractivity contribution < 1.29 is 19.0 Å². The van der Waals surface area contributed by atoms with E-state index in [4.69, 9.17) is 9.84 Å². The number of aliphatic hydroxyl groups is 1. The zero-order valence-electron chi connectivity index (χ0n) is 10.3. The molecule has 0 amide bonds. The van der Waals surface area contributed by atoms with Gasteiger partial charge in [0.05, 0.1) is 19.0 Å². The van der Waals surface area contributed by atoms with Crippen LogP contribution in [0, 0.1) is 0 Å². The summed E-state index contributed by atoms with van der Waals surface area (Å²) in [4.78, 5) is 15.3. The molecule has 1 saturated heterocycles. The fourth-order valence-corrected chi connectivity index (χ4v) is 2.12. The minimum absolute atomic E-state index is 0.137. The predicted molar refractivity (Wildman–Crippen MR) is 62.3 cm³/mol. The summed E-state index contributed by atoms with van der Waals surface area (Å²) >= 11 is 0. The van der Waals surface area contributed by atoms with Crippen molar-refractivity contribution in [2.45, 2.75) is 31.8 Å². The zero-order valence-corrected chi connectivity index (χ0v) is 10.3. The van der Waals surface area contributed by atoms with Gasteiger partial charge >= 0.3 is 0 Å². The highest BCUT2D eigenvalue weighted by atomic mass is 19.1. The van der Waals surface area contributed by atoms with Gasteiger partial charge in [-0.2, -0.15) is 0 Å². The highest BCUT2D eigenvalue weighted by molar-refractivity contribution is 5.96. The molecule has 1 aromatic heterocycles. The van der Waals surface area contributed by atoms with Crippen LogP contribution in [-0.4, -0.2) is 46.4 Å². The van der Waals surface area contributed by atoms with Crippen LogP contribution < -0.4 is 5.32 Å². The maximum absolute atomic E-state index is 13.8. The van der Waals surface area contributed by atoms with Crippen LogP contribution in [0.3, 0.4) is 0 Å². The van der Waals surface area contributed by atoms with E-state index >= 15 is 0 Å². The number of aliphatic hydroxyl groups excluding tert-OH is 1. The molecule has 0 bridgehead atoms. The standard InChI is InChI=1S/C11H16FN3O3/c1-6(17)9-10(13-2)15(5-14-9)11-8(12)3-7(4-16)18-11/h5,7-8,11,13,16H,3-4H2,1-2H3. The second kappa shape index (κ2) is 5.03. The smallest absolute Gasteiger partial charge is 0.181 e. The van der Waals surface area contributed by atoms with Gasteiger partial charge in [-0.05, 0) is 0 Å². The number of alkyl halides is 1. The third-order valence-electron chi connectivity index (χ3n) is 2.97. The maximum Gasteiger partial charge on any atom is 0.181 e. The van der Waals surface area contributed by atoms with Crippen molar-refractivity contribution in [3.05, 3.63) is 12.0 Å². The average Bonchev–Trinajstić information content (AvgIpc) is 2.91. The first kappa shape index (κ1) is 13.0. The molecule has 3 atom stereocenters. The Morgan fingerprint density at radius 3 is 3.00 bits per heavy atom. The van der Waals surface area contributed by atoms with Gasteiger partial charge in [0.25, 0.3) is 0 Å². The quantitative estimate of drug-likeness (QED) is 0.778. The number of halogens is 1. The Morgan fingerprint density at radius 2 is 2.50 bits per heavy atom. The number of ether oxygens (including phenoxy) is 1. The summed E-state index contributed by atoms with van der Waals surface area (Å²) < 4.78 is 20.7. The first-order valence-electron chi connectivity index (χ1n) is 5.74. The fourth-order valence-electron chi connectivity index (χ4n) is 2.12. The lowest BCUT2D eigenvalue weighted by atomic mass is 10.2. The number of ketones is 1. The monoisotopic (exact) mass is 257 g/mol. The molecular formula is C11H16FN3O3. The fraction of sp³-hybridized carbons (Fsp3) is 0.636. The molecular weight excluding hydrogens is 241 g/mol. The first-order chi connectivity index (χ1) is 8.58. The molecule has 0 aliphatic carbocycles. The summed E-state index contributed by atoms with van der Waals surface area (Å²) in [5, 5.41) is 11.8. The van der Waals surface area contributed by atoms with E-state index in [1.807, 2.05) is 0 Å². The number of Topliss-reactive ketones (excluding diaryl/α,β-unsaturated/α-hetero) is 1. The number of nitrogens with one attached hydrogen (secondary N) is 1. The average molecular weight is 257 g/mol. The van der Waals surface area contributed by atoms with Crippen LogP contribution in [0.25, 0.3) is 0 Å². The van der Waals surface area contributed by atoms with Crippen molar-refractivity contribution in [2.75, 3.05) is 19.0 Å². The van der Waals surface area contributed by atoms with Crippen LogP contribution in [0.5, 0.6) is 0 Å². The summed E-state index contributed by atoms with van der Waals surface area (Å²) in [5.74, 6) is 0.221. The molecule has 100 valence electrons. The van der Waals surface area contributed by atoms with Crippen molar-refractivity contribution in [3.63, 3.8) is 0 Å². The number of imidazole rings is 1. The minimum atomic E-state index is -1.23. The van der Waals surface area contributed by atoms with Gasteiger partial charge in [-0.3, -0.25) is 9.36 Å². The van der Waals surface area contributed by atoms with Gasteiger partial charge in [-0.1, -0.05) is 0 Å². The molecule has 2 rings (SSSR count). The van der Waals surface area contributed by atoms with Gasteiger partial charge in [0.1, 0.15) is 17.7 Å². The molecule has 1 aromatic rings. The van der Waals surface area contributed by atoms with Gasteiger partial charge in [0, 0.05) is 20.4 Å². The Kier molecular flexibility index (Phi) is 3.63. The number of carbonyl (C=O) groups is 1. The number of aromatic nitrogens is 2. The molecule has 2 heterocycles. The van der Waals surface area contributed by atoms with Gasteiger partial charge in [-0.15, -0.1) is 0 Å². The van der Waals surface area contributed by atoms with Crippen molar-refractivity contribution in [1.29, 1.82) is 0 Å². The molecule has 6 nitrogen and oxygen atoms in total. The lowest BCUT2D eigenvalue weighted by Gasteiger charge is -2.17. The van der Waals surface area contributed by atoms with Crippen molar-refractivity contribution >= 4 is 11.6 Å². The predicted octanol–water partition coefficient (Wildman–Crippen LogP) is 0.745. The van der Waals surface area contributed by atoms with Gasteiger partial charge in [0.15, 0.2) is 12.0 Å². The van der Waals surface area contributed by atoms with Gasteiger partial charge in [0.2, 0.25) is 0 Å². The van der Waals surface area contributed by atoms with E-state index in [2.05, 4.69) is 10.3 Å².